The molecule has 230 valence electrons. The van der Waals surface area contributed by atoms with Crippen LogP contribution in [0.4, 0.5) is 0 Å². The first-order valence-electron chi connectivity index (χ1n) is 17.8. The SMILES string of the molecule is CCCCCNC(=O)CCCCCCCCCCC[C@@H]1C[C@H]2CC(=O)CC[C@]2(C)[C@H]2CC[C@]3(C)[C@@H](O)CC[C@H]3[C@H]12. The number of aliphatic hydroxyl groups is 1. The van der Waals surface area contributed by atoms with E-state index in [1.54, 1.807) is 0 Å². The summed E-state index contributed by atoms with van der Waals surface area (Å²) in [6.45, 7) is 7.99. The fourth-order valence-electron chi connectivity index (χ4n) is 10.1. The Balaban J connectivity index is 1.14. The van der Waals surface area contributed by atoms with Crippen molar-refractivity contribution in [1.29, 1.82) is 0 Å². The van der Waals surface area contributed by atoms with E-state index in [0.29, 0.717) is 29.5 Å². The molecule has 1 amide bonds. The second kappa shape index (κ2) is 15.0. The van der Waals surface area contributed by atoms with E-state index >= 15 is 0 Å². The summed E-state index contributed by atoms with van der Waals surface area (Å²) in [4.78, 5) is 24.4. The zero-order valence-corrected chi connectivity index (χ0v) is 26.5. The molecule has 0 unspecified atom stereocenters. The molecule has 0 aromatic heterocycles. The average Bonchev–Trinajstić information content (AvgIpc) is 3.24. The molecule has 4 nitrogen and oxygen atoms in total. The monoisotopic (exact) mass is 557 g/mol. The molecule has 0 aliphatic heterocycles. The smallest absolute Gasteiger partial charge is 0.219 e. The number of hydrogen-bond donors (Lipinski definition) is 2. The topological polar surface area (TPSA) is 66.4 Å². The highest BCUT2D eigenvalue weighted by Crippen LogP contribution is 2.67. The number of hydrogen-bond acceptors (Lipinski definition) is 3. The van der Waals surface area contributed by atoms with Gasteiger partial charge in [-0.25, -0.2) is 0 Å². The van der Waals surface area contributed by atoms with Gasteiger partial charge < -0.3 is 10.4 Å². The van der Waals surface area contributed by atoms with Gasteiger partial charge in [-0.15, -0.1) is 0 Å². The van der Waals surface area contributed by atoms with E-state index in [2.05, 4.69) is 26.1 Å². The number of aliphatic hydroxyl groups excluding tert-OH is 1. The maximum absolute atomic E-state index is 12.5. The first-order chi connectivity index (χ1) is 19.3. The van der Waals surface area contributed by atoms with Gasteiger partial charge in [0.2, 0.25) is 5.91 Å². The number of rotatable bonds is 16. The molecule has 0 heterocycles. The molecule has 4 aliphatic rings. The van der Waals surface area contributed by atoms with Crippen molar-refractivity contribution in [2.75, 3.05) is 6.54 Å². The maximum atomic E-state index is 12.5. The van der Waals surface area contributed by atoms with Gasteiger partial charge in [0.25, 0.3) is 0 Å². The van der Waals surface area contributed by atoms with Crippen molar-refractivity contribution in [3.8, 4) is 0 Å². The van der Waals surface area contributed by atoms with Crippen LogP contribution in [0.25, 0.3) is 0 Å². The number of Topliss-reactive ketones (excluding diaryl/α,β-unsaturated/α-hetero) is 1. The van der Waals surface area contributed by atoms with Crippen molar-refractivity contribution in [3.63, 3.8) is 0 Å². The molecule has 0 radical (unpaired) electrons. The Hall–Kier alpha value is -0.900. The van der Waals surface area contributed by atoms with Gasteiger partial charge in [0.15, 0.2) is 0 Å². The summed E-state index contributed by atoms with van der Waals surface area (Å²) in [5.41, 5.74) is 0.480. The molecule has 2 N–H and O–H groups in total. The Morgan fingerprint density at radius 2 is 1.52 bits per heavy atom. The molecular weight excluding hydrogens is 494 g/mol. The molecular formula is C36H63NO3. The minimum atomic E-state index is -0.106. The molecule has 40 heavy (non-hydrogen) atoms. The van der Waals surface area contributed by atoms with Crippen LogP contribution in [-0.4, -0.2) is 29.4 Å². The summed E-state index contributed by atoms with van der Waals surface area (Å²) in [5, 5.41) is 14.0. The predicted molar refractivity (Wildman–Crippen MR) is 165 cm³/mol. The van der Waals surface area contributed by atoms with Gasteiger partial charge in [0.05, 0.1) is 6.10 Å². The van der Waals surface area contributed by atoms with E-state index in [0.717, 1.165) is 62.8 Å². The van der Waals surface area contributed by atoms with Crippen LogP contribution in [0.15, 0.2) is 0 Å². The van der Waals surface area contributed by atoms with Gasteiger partial charge in [-0.1, -0.05) is 91.4 Å². The summed E-state index contributed by atoms with van der Waals surface area (Å²) < 4.78 is 0. The molecule has 4 saturated carbocycles. The normalized spacial score (nSPS) is 37.0. The molecule has 4 fully saturated rings. The number of fused-ring (bicyclic) bond motifs is 5. The molecule has 0 bridgehead atoms. The second-order valence-electron chi connectivity index (χ2n) is 15.1. The third-order valence-electron chi connectivity index (χ3n) is 12.7. The minimum Gasteiger partial charge on any atom is -0.393 e. The van der Waals surface area contributed by atoms with Crippen LogP contribution >= 0.6 is 0 Å². The van der Waals surface area contributed by atoms with Crippen molar-refractivity contribution in [1.82, 2.24) is 5.32 Å². The van der Waals surface area contributed by atoms with E-state index in [1.165, 1.54) is 96.3 Å². The number of amides is 1. The lowest BCUT2D eigenvalue weighted by Crippen LogP contribution is -2.57. The van der Waals surface area contributed by atoms with Gasteiger partial charge in [0, 0.05) is 25.8 Å². The number of ketones is 1. The van der Waals surface area contributed by atoms with Crippen LogP contribution in [0.1, 0.15) is 162 Å². The first kappa shape index (κ1) is 32.0. The van der Waals surface area contributed by atoms with E-state index in [1.807, 2.05) is 0 Å². The predicted octanol–water partition coefficient (Wildman–Crippen LogP) is 8.78. The average molecular weight is 558 g/mol. The van der Waals surface area contributed by atoms with Gasteiger partial charge >= 0.3 is 0 Å². The van der Waals surface area contributed by atoms with Crippen molar-refractivity contribution < 1.29 is 14.7 Å². The Morgan fingerprint density at radius 1 is 0.850 bits per heavy atom. The Kier molecular flexibility index (Phi) is 12.0. The zero-order valence-electron chi connectivity index (χ0n) is 26.5. The molecule has 0 aromatic rings. The molecule has 8 atom stereocenters. The number of carbonyl (C=O) groups is 2. The van der Waals surface area contributed by atoms with Crippen LogP contribution in [0.5, 0.6) is 0 Å². The van der Waals surface area contributed by atoms with Crippen LogP contribution < -0.4 is 5.32 Å². The van der Waals surface area contributed by atoms with Gasteiger partial charge in [-0.2, -0.15) is 0 Å². The third-order valence-corrected chi connectivity index (χ3v) is 12.7. The molecule has 0 aromatic carbocycles. The van der Waals surface area contributed by atoms with Gasteiger partial charge in [0.1, 0.15) is 5.78 Å². The van der Waals surface area contributed by atoms with Crippen molar-refractivity contribution in [2.24, 2.45) is 40.4 Å². The highest BCUT2D eigenvalue weighted by molar-refractivity contribution is 5.79. The third kappa shape index (κ3) is 7.54. The Labute approximate surface area is 246 Å². The van der Waals surface area contributed by atoms with Crippen LogP contribution in [0.3, 0.4) is 0 Å². The quantitative estimate of drug-likeness (QED) is 0.186. The lowest BCUT2D eigenvalue weighted by Gasteiger charge is -2.62. The highest BCUT2D eigenvalue weighted by atomic mass is 16.3. The molecule has 0 spiro atoms. The highest BCUT2D eigenvalue weighted by Gasteiger charge is 2.62. The lowest BCUT2D eigenvalue weighted by atomic mass is 9.42. The minimum absolute atomic E-state index is 0.106. The molecule has 4 heteroatoms. The number of nitrogens with one attached hydrogen (secondary N) is 1. The standard InChI is InChI=1S/C36H63NO3/c1-4-5-15-24-37-33(40)17-14-12-10-8-6-7-9-11-13-16-27-25-28-26-29(38)20-22-35(28,2)31-21-23-36(3)30(34(27)31)18-19-32(36)39/h27-28,30-32,34,39H,4-26H2,1-3H3,(H,37,40)/t27-,28+,30+,31+,32+,34+,35+,36+/m1/s1. The molecule has 4 rings (SSSR count). The van der Waals surface area contributed by atoms with Crippen molar-refractivity contribution in [3.05, 3.63) is 0 Å². The summed E-state index contributed by atoms with van der Waals surface area (Å²) in [5.74, 6) is 4.33. The molecule has 4 aliphatic carbocycles. The summed E-state index contributed by atoms with van der Waals surface area (Å²) in [6, 6.07) is 0. The summed E-state index contributed by atoms with van der Waals surface area (Å²) in [6.07, 6.45) is 25.6. The van der Waals surface area contributed by atoms with Crippen LogP contribution in [0, 0.1) is 40.4 Å². The summed E-state index contributed by atoms with van der Waals surface area (Å²) in [7, 11) is 0. The fraction of sp³-hybridized carbons (Fsp3) is 0.944. The summed E-state index contributed by atoms with van der Waals surface area (Å²) >= 11 is 0. The van der Waals surface area contributed by atoms with Crippen molar-refractivity contribution >= 4 is 11.7 Å². The zero-order chi connectivity index (χ0) is 28.6. The fourth-order valence-corrected chi connectivity index (χ4v) is 10.1. The maximum Gasteiger partial charge on any atom is 0.219 e. The van der Waals surface area contributed by atoms with E-state index in [4.69, 9.17) is 0 Å². The first-order valence-corrected chi connectivity index (χ1v) is 17.8. The molecule has 0 saturated heterocycles. The van der Waals surface area contributed by atoms with E-state index in [-0.39, 0.29) is 17.4 Å². The lowest BCUT2D eigenvalue weighted by molar-refractivity contribution is -0.156. The number of unbranched alkanes of at least 4 members (excludes halogenated alkanes) is 10. The van der Waals surface area contributed by atoms with E-state index < -0.39 is 0 Å². The largest absolute Gasteiger partial charge is 0.393 e. The van der Waals surface area contributed by atoms with Crippen LogP contribution in [0.2, 0.25) is 0 Å². The number of carbonyl (C=O) groups excluding carboxylic acids is 2. The van der Waals surface area contributed by atoms with Crippen LogP contribution in [-0.2, 0) is 9.59 Å². The van der Waals surface area contributed by atoms with Gasteiger partial charge in [-0.05, 0) is 91.8 Å². The Bertz CT molecular complexity index is 812. The van der Waals surface area contributed by atoms with E-state index in [9.17, 15) is 14.7 Å². The van der Waals surface area contributed by atoms with Gasteiger partial charge in [-0.3, -0.25) is 9.59 Å². The Morgan fingerprint density at radius 3 is 2.25 bits per heavy atom. The van der Waals surface area contributed by atoms with Crippen molar-refractivity contribution in [2.45, 2.75) is 168 Å². The second-order valence-corrected chi connectivity index (χ2v) is 15.1.